The van der Waals surface area contributed by atoms with Crippen LogP contribution in [0.4, 0.5) is 19.0 Å². The van der Waals surface area contributed by atoms with Crippen molar-refractivity contribution in [2.75, 3.05) is 11.9 Å². The first-order valence-electron chi connectivity index (χ1n) is 8.55. The summed E-state index contributed by atoms with van der Waals surface area (Å²) in [4.78, 5) is 23.5. The zero-order valence-electron chi connectivity index (χ0n) is 14.8. The number of carbonyl (C=O) groups excluding carboxylic acids is 1. The van der Waals surface area contributed by atoms with Crippen LogP contribution in [0.1, 0.15) is 27.0 Å². The van der Waals surface area contributed by atoms with Crippen molar-refractivity contribution >= 4 is 11.7 Å². The van der Waals surface area contributed by atoms with Crippen LogP contribution in [0.5, 0.6) is 0 Å². The molecule has 4 N–H and O–H groups in total. The summed E-state index contributed by atoms with van der Waals surface area (Å²) in [5, 5.41) is 3.14. The summed E-state index contributed by atoms with van der Waals surface area (Å²) in [6, 6.07) is 4.92. The number of H-pyrrole nitrogens is 1. The number of hydrogen-bond acceptors (Lipinski definition) is 4. The molecule has 0 bridgehead atoms. The van der Waals surface area contributed by atoms with Crippen LogP contribution in [0, 0.1) is 6.92 Å². The van der Waals surface area contributed by atoms with Gasteiger partial charge in [0.2, 0.25) is 0 Å². The van der Waals surface area contributed by atoms with E-state index < -0.39 is 17.6 Å². The SMILES string of the molecule is Cc1ccc(C(F)(F)F)cc1-c1[nH]c(-c2ncnc3c2CCN3)cc1C(N)=O. The van der Waals surface area contributed by atoms with Crippen molar-refractivity contribution in [1.29, 1.82) is 0 Å². The molecule has 0 radical (unpaired) electrons. The summed E-state index contributed by atoms with van der Waals surface area (Å²) in [6.45, 7) is 2.39. The molecule has 28 heavy (non-hydrogen) atoms. The molecule has 4 rings (SSSR count). The fraction of sp³-hybridized carbons (Fsp3) is 0.211. The average molecular weight is 387 g/mol. The molecule has 0 saturated carbocycles. The van der Waals surface area contributed by atoms with Crippen molar-refractivity contribution in [3.05, 3.63) is 52.8 Å². The van der Waals surface area contributed by atoms with Crippen LogP contribution >= 0.6 is 0 Å². The van der Waals surface area contributed by atoms with E-state index in [9.17, 15) is 18.0 Å². The number of alkyl halides is 3. The zero-order valence-corrected chi connectivity index (χ0v) is 14.8. The molecule has 0 unspecified atom stereocenters. The highest BCUT2D eigenvalue weighted by molar-refractivity contribution is 6.01. The minimum absolute atomic E-state index is 0.107. The molecule has 0 fully saturated rings. The lowest BCUT2D eigenvalue weighted by Gasteiger charge is -2.11. The molecule has 1 amide bonds. The highest BCUT2D eigenvalue weighted by atomic mass is 19.4. The molecule has 1 aliphatic rings. The number of primary amides is 1. The molecule has 0 spiro atoms. The van der Waals surface area contributed by atoms with Crippen LogP contribution in [-0.4, -0.2) is 27.4 Å². The van der Waals surface area contributed by atoms with Gasteiger partial charge in [0.05, 0.1) is 28.2 Å². The molecule has 0 atom stereocenters. The second-order valence-corrected chi connectivity index (χ2v) is 6.59. The lowest BCUT2D eigenvalue weighted by molar-refractivity contribution is -0.137. The Balaban J connectivity index is 1.90. The quantitative estimate of drug-likeness (QED) is 0.640. The summed E-state index contributed by atoms with van der Waals surface area (Å²) >= 11 is 0. The van der Waals surface area contributed by atoms with Crippen molar-refractivity contribution < 1.29 is 18.0 Å². The standard InChI is InChI=1S/C19H16F3N5O/c1-9-2-3-10(19(20,21)22)6-12(9)15-13(17(23)28)7-14(27-15)16-11-4-5-24-18(11)26-8-25-16/h2-3,6-8,27H,4-5H2,1H3,(H2,23,28)(H,24,25,26). The predicted molar refractivity (Wildman–Crippen MR) is 97.7 cm³/mol. The minimum atomic E-state index is -4.50. The molecule has 0 aliphatic carbocycles. The van der Waals surface area contributed by atoms with E-state index >= 15 is 0 Å². The third-order valence-corrected chi connectivity index (χ3v) is 4.79. The summed E-state index contributed by atoms with van der Waals surface area (Å²) in [5.74, 6) is -0.0323. The van der Waals surface area contributed by atoms with E-state index in [0.29, 0.717) is 35.7 Å². The summed E-state index contributed by atoms with van der Waals surface area (Å²) in [5.41, 5.74) is 7.87. The Morgan fingerprint density at radius 1 is 1.21 bits per heavy atom. The van der Waals surface area contributed by atoms with Gasteiger partial charge in [-0.15, -0.1) is 0 Å². The fourth-order valence-electron chi connectivity index (χ4n) is 3.40. The Labute approximate surface area is 158 Å². The lowest BCUT2D eigenvalue weighted by atomic mass is 9.99. The molecule has 6 nitrogen and oxygen atoms in total. The zero-order chi connectivity index (χ0) is 20.1. The van der Waals surface area contributed by atoms with Crippen LogP contribution in [0.15, 0.2) is 30.6 Å². The molecular weight excluding hydrogens is 371 g/mol. The molecule has 1 aromatic carbocycles. The average Bonchev–Trinajstić information content (AvgIpc) is 3.28. The first kappa shape index (κ1) is 18.0. The maximum atomic E-state index is 13.2. The summed E-state index contributed by atoms with van der Waals surface area (Å²) < 4.78 is 39.5. The normalized spacial score (nSPS) is 13.3. The second kappa shape index (κ2) is 6.36. The van der Waals surface area contributed by atoms with Gasteiger partial charge in [0, 0.05) is 17.7 Å². The largest absolute Gasteiger partial charge is 0.416 e. The minimum Gasteiger partial charge on any atom is -0.369 e. The van der Waals surface area contributed by atoms with E-state index in [0.717, 1.165) is 17.7 Å². The number of benzene rings is 1. The van der Waals surface area contributed by atoms with Crippen LogP contribution in [0.3, 0.4) is 0 Å². The van der Waals surface area contributed by atoms with Gasteiger partial charge in [-0.05, 0) is 37.1 Å². The van der Waals surface area contributed by atoms with E-state index in [1.807, 2.05) is 0 Å². The van der Waals surface area contributed by atoms with Crippen LogP contribution < -0.4 is 11.1 Å². The van der Waals surface area contributed by atoms with Crippen molar-refractivity contribution in [3.63, 3.8) is 0 Å². The predicted octanol–water partition coefficient (Wildman–Crippen LogP) is 3.53. The summed E-state index contributed by atoms with van der Waals surface area (Å²) in [6.07, 6.45) is -2.40. The van der Waals surface area contributed by atoms with Gasteiger partial charge in [-0.3, -0.25) is 4.79 Å². The number of carbonyl (C=O) groups is 1. The molecule has 2 aromatic heterocycles. The number of nitrogens with two attached hydrogens (primary N) is 1. The van der Waals surface area contributed by atoms with Crippen molar-refractivity contribution in [2.45, 2.75) is 19.5 Å². The fourth-order valence-corrected chi connectivity index (χ4v) is 3.40. The van der Waals surface area contributed by atoms with E-state index in [4.69, 9.17) is 5.73 Å². The first-order chi connectivity index (χ1) is 13.3. The van der Waals surface area contributed by atoms with Crippen LogP contribution in [0.25, 0.3) is 22.6 Å². The Bertz CT molecular complexity index is 1090. The Hall–Kier alpha value is -3.36. The van der Waals surface area contributed by atoms with Gasteiger partial charge in [-0.1, -0.05) is 6.07 Å². The van der Waals surface area contributed by atoms with Gasteiger partial charge in [-0.25, -0.2) is 9.97 Å². The third-order valence-electron chi connectivity index (χ3n) is 4.79. The number of aromatic nitrogens is 3. The number of fused-ring (bicyclic) bond motifs is 1. The number of aromatic amines is 1. The maximum Gasteiger partial charge on any atom is 0.416 e. The molecule has 9 heteroatoms. The highest BCUT2D eigenvalue weighted by Crippen LogP contribution is 2.37. The van der Waals surface area contributed by atoms with Crippen molar-refractivity contribution in [2.24, 2.45) is 5.73 Å². The topological polar surface area (TPSA) is 96.7 Å². The number of aryl methyl sites for hydroxylation is 1. The number of anilines is 1. The molecule has 0 saturated heterocycles. The van der Waals surface area contributed by atoms with Gasteiger partial charge in [0.15, 0.2) is 0 Å². The Morgan fingerprint density at radius 3 is 2.71 bits per heavy atom. The highest BCUT2D eigenvalue weighted by Gasteiger charge is 2.31. The van der Waals surface area contributed by atoms with Gasteiger partial charge >= 0.3 is 6.18 Å². The Kier molecular flexibility index (Phi) is 4.10. The van der Waals surface area contributed by atoms with Gasteiger partial charge in [0.25, 0.3) is 5.91 Å². The van der Waals surface area contributed by atoms with Gasteiger partial charge in [0.1, 0.15) is 12.1 Å². The van der Waals surface area contributed by atoms with E-state index in [1.54, 1.807) is 6.92 Å². The molecule has 3 aromatic rings. The number of hydrogen-bond donors (Lipinski definition) is 3. The van der Waals surface area contributed by atoms with Crippen LogP contribution in [0.2, 0.25) is 0 Å². The number of nitrogens with zero attached hydrogens (tertiary/aromatic N) is 2. The number of nitrogens with one attached hydrogen (secondary N) is 2. The van der Waals surface area contributed by atoms with Gasteiger partial charge < -0.3 is 16.0 Å². The smallest absolute Gasteiger partial charge is 0.369 e. The third kappa shape index (κ3) is 2.98. The Morgan fingerprint density at radius 2 is 2.00 bits per heavy atom. The van der Waals surface area contributed by atoms with E-state index in [2.05, 4.69) is 20.3 Å². The molecular formula is C19H16F3N5O. The molecule has 144 valence electrons. The van der Waals surface area contributed by atoms with Crippen molar-refractivity contribution in [1.82, 2.24) is 15.0 Å². The monoisotopic (exact) mass is 387 g/mol. The first-order valence-corrected chi connectivity index (χ1v) is 8.55. The van der Waals surface area contributed by atoms with Gasteiger partial charge in [-0.2, -0.15) is 13.2 Å². The van der Waals surface area contributed by atoms with Crippen LogP contribution in [-0.2, 0) is 12.6 Å². The van der Waals surface area contributed by atoms with Crippen molar-refractivity contribution in [3.8, 4) is 22.6 Å². The summed E-state index contributed by atoms with van der Waals surface area (Å²) in [7, 11) is 0. The molecule has 1 aliphatic heterocycles. The van der Waals surface area contributed by atoms with E-state index in [1.165, 1.54) is 18.5 Å². The number of rotatable bonds is 3. The maximum absolute atomic E-state index is 13.2. The number of halogens is 3. The molecule has 3 heterocycles. The second-order valence-electron chi connectivity index (χ2n) is 6.59. The lowest BCUT2D eigenvalue weighted by Crippen LogP contribution is -2.11. The van der Waals surface area contributed by atoms with E-state index in [-0.39, 0.29) is 16.8 Å². The number of amides is 1.